The van der Waals surface area contributed by atoms with Crippen molar-refractivity contribution in [3.63, 3.8) is 0 Å². The molecule has 0 amide bonds. The lowest BCUT2D eigenvalue weighted by Gasteiger charge is -2.33. The molecule has 138 valence electrons. The average Bonchev–Trinajstić information content (AvgIpc) is 2.64. The van der Waals surface area contributed by atoms with Crippen molar-refractivity contribution in [2.75, 3.05) is 24.2 Å². The molecule has 5 heteroatoms. The average molecular weight is 371 g/mol. The Bertz CT molecular complexity index is 728. The minimum atomic E-state index is -0.856. The number of piperidine rings is 1. The monoisotopic (exact) mass is 370 g/mol. The molecule has 1 aliphatic rings. The van der Waals surface area contributed by atoms with E-state index in [0.29, 0.717) is 11.6 Å². The predicted octanol–water partition coefficient (Wildman–Crippen LogP) is 4.57. The molecular formula is C21H26N2O2S. The van der Waals surface area contributed by atoms with Gasteiger partial charge in [0.25, 0.3) is 0 Å². The van der Waals surface area contributed by atoms with Gasteiger partial charge >= 0.3 is 5.97 Å². The number of aromatic carboxylic acids is 1. The summed E-state index contributed by atoms with van der Waals surface area (Å²) in [7, 11) is 0. The molecule has 0 unspecified atom stereocenters. The van der Waals surface area contributed by atoms with Crippen LogP contribution in [0.15, 0.2) is 53.4 Å². The van der Waals surface area contributed by atoms with Crippen LogP contribution in [0, 0.1) is 0 Å². The first kappa shape index (κ1) is 18.8. The third-order valence-corrected chi connectivity index (χ3v) is 5.68. The maximum atomic E-state index is 11.8. The van der Waals surface area contributed by atoms with E-state index in [1.807, 2.05) is 31.2 Å². The van der Waals surface area contributed by atoms with Crippen LogP contribution in [0.3, 0.4) is 0 Å². The van der Waals surface area contributed by atoms with Gasteiger partial charge in [-0.3, -0.25) is 4.90 Å². The van der Waals surface area contributed by atoms with Crippen LogP contribution < -0.4 is 5.32 Å². The molecule has 1 heterocycles. The first-order valence-corrected chi connectivity index (χ1v) is 10.2. The molecular weight excluding hydrogens is 344 g/mol. The fraction of sp³-hybridized carbons (Fsp3) is 0.381. The minimum absolute atomic E-state index is 0.321. The lowest BCUT2D eigenvalue weighted by atomic mass is 10.0. The lowest BCUT2D eigenvalue weighted by Crippen LogP contribution is -2.38. The lowest BCUT2D eigenvalue weighted by molar-refractivity contribution is 0.0694. The summed E-state index contributed by atoms with van der Waals surface area (Å²) in [6.07, 6.45) is 2.05. The quantitative estimate of drug-likeness (QED) is 0.699. The van der Waals surface area contributed by atoms with Crippen LogP contribution in [0.4, 0.5) is 5.69 Å². The van der Waals surface area contributed by atoms with E-state index < -0.39 is 5.97 Å². The van der Waals surface area contributed by atoms with Gasteiger partial charge in [-0.05, 0) is 36.3 Å². The molecule has 0 radical (unpaired) electrons. The van der Waals surface area contributed by atoms with Gasteiger partial charge in [0.15, 0.2) is 0 Å². The van der Waals surface area contributed by atoms with Gasteiger partial charge in [0.05, 0.1) is 11.3 Å². The first-order chi connectivity index (χ1) is 12.7. The van der Waals surface area contributed by atoms with Crippen molar-refractivity contribution in [1.29, 1.82) is 0 Å². The number of rotatable bonds is 7. The largest absolute Gasteiger partial charge is 0.478 e. The van der Waals surface area contributed by atoms with Gasteiger partial charge in [-0.25, -0.2) is 4.79 Å². The van der Waals surface area contributed by atoms with E-state index in [-0.39, 0.29) is 0 Å². The fourth-order valence-corrected chi connectivity index (χ4v) is 4.27. The Balaban J connectivity index is 1.61. The summed E-state index contributed by atoms with van der Waals surface area (Å²) >= 11 is 1.58. The van der Waals surface area contributed by atoms with Gasteiger partial charge < -0.3 is 10.4 Å². The van der Waals surface area contributed by atoms with Crippen LogP contribution >= 0.6 is 11.8 Å². The van der Waals surface area contributed by atoms with Crippen molar-refractivity contribution < 1.29 is 9.90 Å². The highest BCUT2D eigenvalue weighted by Crippen LogP contribution is 2.30. The Labute approximate surface area is 159 Å². The number of carboxylic acids is 1. The maximum Gasteiger partial charge on any atom is 0.338 e. The topological polar surface area (TPSA) is 52.6 Å². The van der Waals surface area contributed by atoms with Crippen LogP contribution in [-0.4, -0.2) is 40.9 Å². The van der Waals surface area contributed by atoms with E-state index in [0.717, 1.165) is 48.8 Å². The van der Waals surface area contributed by atoms with Crippen molar-refractivity contribution in [2.45, 2.75) is 37.2 Å². The summed E-state index contributed by atoms with van der Waals surface area (Å²) in [6, 6.07) is 16.6. The van der Waals surface area contributed by atoms with Crippen LogP contribution in [0.2, 0.25) is 0 Å². The predicted molar refractivity (Wildman–Crippen MR) is 108 cm³/mol. The molecule has 0 atom stereocenters. The van der Waals surface area contributed by atoms with E-state index in [2.05, 4.69) is 34.5 Å². The van der Waals surface area contributed by atoms with E-state index in [9.17, 15) is 9.90 Å². The molecule has 26 heavy (non-hydrogen) atoms. The Kier molecular flexibility index (Phi) is 6.58. The molecule has 0 aromatic heterocycles. The van der Waals surface area contributed by atoms with E-state index in [4.69, 9.17) is 0 Å². The Morgan fingerprint density at radius 3 is 2.54 bits per heavy atom. The van der Waals surface area contributed by atoms with Crippen molar-refractivity contribution in [1.82, 2.24) is 4.90 Å². The van der Waals surface area contributed by atoms with Gasteiger partial charge in [0.1, 0.15) is 0 Å². The van der Waals surface area contributed by atoms with Gasteiger partial charge in [-0.2, -0.15) is 0 Å². The number of likely N-dealkylation sites (tertiary alicyclic amines) is 1. The second kappa shape index (κ2) is 9.10. The second-order valence-electron chi connectivity index (χ2n) is 6.60. The van der Waals surface area contributed by atoms with E-state index in [1.54, 1.807) is 11.8 Å². The SMILES string of the molecule is CCSc1cccc(NC2CCN(Cc3ccccc3)CC2)c1C(=O)O. The zero-order valence-electron chi connectivity index (χ0n) is 15.1. The molecule has 2 aromatic rings. The highest BCUT2D eigenvalue weighted by Gasteiger charge is 2.22. The molecule has 2 N–H and O–H groups in total. The number of hydrogen-bond acceptors (Lipinski definition) is 4. The third kappa shape index (κ3) is 4.80. The van der Waals surface area contributed by atoms with Gasteiger partial charge in [0.2, 0.25) is 0 Å². The number of anilines is 1. The molecule has 4 nitrogen and oxygen atoms in total. The van der Waals surface area contributed by atoms with Crippen LogP contribution in [0.5, 0.6) is 0 Å². The molecule has 2 aromatic carbocycles. The summed E-state index contributed by atoms with van der Waals surface area (Å²) in [5.41, 5.74) is 2.50. The van der Waals surface area contributed by atoms with Crippen molar-refractivity contribution >= 4 is 23.4 Å². The minimum Gasteiger partial charge on any atom is -0.478 e. The number of carboxylic acid groups (broad SMARTS) is 1. The molecule has 3 rings (SSSR count). The number of nitrogens with one attached hydrogen (secondary N) is 1. The standard InChI is InChI=1S/C21H26N2O2S/c1-2-26-19-10-6-9-18(20(19)21(24)25)22-17-11-13-23(14-12-17)15-16-7-4-3-5-8-16/h3-10,17,22H,2,11-15H2,1H3,(H,24,25). The number of hydrogen-bond donors (Lipinski definition) is 2. The van der Waals surface area contributed by atoms with E-state index >= 15 is 0 Å². The number of nitrogens with zero attached hydrogens (tertiary/aromatic N) is 1. The molecule has 0 spiro atoms. The highest BCUT2D eigenvalue weighted by molar-refractivity contribution is 7.99. The maximum absolute atomic E-state index is 11.8. The van der Waals surface area contributed by atoms with Crippen molar-refractivity contribution in [3.8, 4) is 0 Å². The molecule has 1 fully saturated rings. The smallest absolute Gasteiger partial charge is 0.338 e. The Morgan fingerprint density at radius 2 is 1.88 bits per heavy atom. The summed E-state index contributed by atoms with van der Waals surface area (Å²) in [5.74, 6) is 0.00675. The first-order valence-electron chi connectivity index (χ1n) is 9.19. The zero-order chi connectivity index (χ0) is 18.4. The van der Waals surface area contributed by atoms with E-state index in [1.165, 1.54) is 5.56 Å². The zero-order valence-corrected chi connectivity index (χ0v) is 16.0. The Hall–Kier alpha value is -1.98. The fourth-order valence-electron chi connectivity index (χ4n) is 3.44. The highest BCUT2D eigenvalue weighted by atomic mass is 32.2. The summed E-state index contributed by atoms with van der Waals surface area (Å²) in [5, 5.41) is 13.1. The molecule has 1 saturated heterocycles. The number of thioether (sulfide) groups is 1. The molecule has 0 aliphatic carbocycles. The number of benzene rings is 2. The van der Waals surface area contributed by atoms with Crippen molar-refractivity contribution in [2.24, 2.45) is 0 Å². The summed E-state index contributed by atoms with van der Waals surface area (Å²) < 4.78 is 0. The summed E-state index contributed by atoms with van der Waals surface area (Å²) in [4.78, 5) is 15.1. The van der Waals surface area contributed by atoms with Crippen LogP contribution in [-0.2, 0) is 6.54 Å². The number of carbonyl (C=O) groups is 1. The van der Waals surface area contributed by atoms with Crippen molar-refractivity contribution in [3.05, 3.63) is 59.7 Å². The molecule has 0 bridgehead atoms. The second-order valence-corrected chi connectivity index (χ2v) is 7.90. The Morgan fingerprint density at radius 1 is 1.15 bits per heavy atom. The van der Waals surface area contributed by atoms with Gasteiger partial charge in [0, 0.05) is 30.6 Å². The molecule has 0 saturated carbocycles. The van der Waals surface area contributed by atoms with Crippen LogP contribution in [0.25, 0.3) is 0 Å². The molecule has 1 aliphatic heterocycles. The normalized spacial score (nSPS) is 15.7. The summed E-state index contributed by atoms with van der Waals surface area (Å²) in [6.45, 7) is 5.08. The van der Waals surface area contributed by atoms with Gasteiger partial charge in [-0.15, -0.1) is 11.8 Å². The van der Waals surface area contributed by atoms with Gasteiger partial charge in [-0.1, -0.05) is 43.3 Å². The third-order valence-electron chi connectivity index (χ3n) is 4.74. The van der Waals surface area contributed by atoms with Crippen LogP contribution in [0.1, 0.15) is 35.7 Å².